The molecule has 7 nitrogen and oxygen atoms in total. The molecule has 0 aliphatic heterocycles. The number of benzene rings is 3. The lowest BCUT2D eigenvalue weighted by Crippen LogP contribution is -2.39. The number of hydrogen-bond acceptors (Lipinski definition) is 5. The van der Waals surface area contributed by atoms with E-state index in [1.165, 1.54) is 6.07 Å². The van der Waals surface area contributed by atoms with Gasteiger partial charge in [-0.15, -0.1) is 0 Å². The molecule has 3 aromatic rings. The van der Waals surface area contributed by atoms with Gasteiger partial charge in [-0.3, -0.25) is 4.79 Å². The Labute approximate surface area is 205 Å². The first-order chi connectivity index (χ1) is 16.7. The van der Waals surface area contributed by atoms with E-state index in [-0.39, 0.29) is 23.6 Å². The lowest BCUT2D eigenvalue weighted by atomic mass is 9.90. The molecule has 35 heavy (non-hydrogen) atoms. The number of fused-ring (bicyclic) bond motifs is 1. The summed E-state index contributed by atoms with van der Waals surface area (Å²) in [5.74, 6) is -0.859. The van der Waals surface area contributed by atoms with Crippen molar-refractivity contribution in [2.75, 3.05) is 0 Å². The van der Waals surface area contributed by atoms with Crippen molar-refractivity contribution >= 4 is 15.9 Å². The van der Waals surface area contributed by atoms with Gasteiger partial charge in [0.1, 0.15) is 0 Å². The van der Waals surface area contributed by atoms with Crippen molar-refractivity contribution in [3.63, 3.8) is 0 Å². The van der Waals surface area contributed by atoms with Gasteiger partial charge in [0, 0.05) is 12.3 Å². The number of carbonyl (C=O) groups excluding carboxylic acids is 1. The number of carbonyl (C=O) groups is 1. The summed E-state index contributed by atoms with van der Waals surface area (Å²) < 4.78 is 23.9. The summed E-state index contributed by atoms with van der Waals surface area (Å²) in [6.45, 7) is 0. The maximum absolute atomic E-state index is 13.4. The van der Waals surface area contributed by atoms with Gasteiger partial charge in [0.05, 0.1) is 23.1 Å². The summed E-state index contributed by atoms with van der Waals surface area (Å²) in [4.78, 5) is 13.4. The Morgan fingerprint density at radius 2 is 1.63 bits per heavy atom. The number of hydrogen-bond donors (Lipinski definition) is 4. The number of aliphatic hydroxyl groups is 2. The fourth-order valence-corrected chi connectivity index (χ4v) is 5.60. The minimum atomic E-state index is -3.94. The molecule has 184 valence electrons. The van der Waals surface area contributed by atoms with Gasteiger partial charge in [-0.05, 0) is 47.6 Å². The van der Waals surface area contributed by atoms with Crippen molar-refractivity contribution in [3.8, 4) is 0 Å². The van der Waals surface area contributed by atoms with Gasteiger partial charge < -0.3 is 15.5 Å². The van der Waals surface area contributed by atoms with Crippen LogP contribution in [0.5, 0.6) is 0 Å². The Bertz CT molecular complexity index is 1280. The second-order valence-electron chi connectivity index (χ2n) is 9.09. The number of amides is 1. The molecular formula is C27H30N2O5S. The zero-order chi connectivity index (χ0) is 25.0. The second kappa shape index (κ2) is 10.7. The van der Waals surface area contributed by atoms with Crippen LogP contribution >= 0.6 is 0 Å². The molecule has 0 aromatic heterocycles. The first-order valence-corrected chi connectivity index (χ1v) is 13.2. The average Bonchev–Trinajstić information content (AvgIpc) is 3.14. The summed E-state index contributed by atoms with van der Waals surface area (Å²) in [7, 11) is -3.94. The Kier molecular flexibility index (Phi) is 7.66. The van der Waals surface area contributed by atoms with E-state index in [2.05, 4.69) is 5.32 Å². The van der Waals surface area contributed by atoms with Crippen LogP contribution in [0.2, 0.25) is 0 Å². The molecule has 1 unspecified atom stereocenters. The van der Waals surface area contributed by atoms with E-state index in [0.717, 1.165) is 16.7 Å². The van der Waals surface area contributed by atoms with Crippen molar-refractivity contribution < 1.29 is 23.4 Å². The van der Waals surface area contributed by atoms with Crippen LogP contribution in [0.1, 0.15) is 34.7 Å². The van der Waals surface area contributed by atoms with Crippen LogP contribution in [0.3, 0.4) is 0 Å². The molecule has 0 bridgehead atoms. The first kappa shape index (κ1) is 25.1. The van der Waals surface area contributed by atoms with Gasteiger partial charge in [-0.25, -0.2) is 13.6 Å². The molecule has 1 aliphatic carbocycles. The van der Waals surface area contributed by atoms with Crippen LogP contribution in [0.15, 0.2) is 83.8 Å². The van der Waals surface area contributed by atoms with Crippen LogP contribution < -0.4 is 10.5 Å². The van der Waals surface area contributed by atoms with E-state index in [4.69, 9.17) is 5.14 Å². The van der Waals surface area contributed by atoms with Crippen molar-refractivity contribution in [3.05, 3.63) is 101 Å². The highest BCUT2D eigenvalue weighted by molar-refractivity contribution is 7.89. The molecular weight excluding hydrogens is 464 g/mol. The molecule has 0 saturated heterocycles. The maximum atomic E-state index is 13.4. The topological polar surface area (TPSA) is 130 Å². The van der Waals surface area contributed by atoms with Crippen molar-refractivity contribution in [2.45, 2.75) is 48.8 Å². The average molecular weight is 495 g/mol. The fraction of sp³-hybridized carbons (Fsp3) is 0.296. The molecule has 4 atom stereocenters. The van der Waals surface area contributed by atoms with Gasteiger partial charge in [-0.1, -0.05) is 72.8 Å². The normalized spacial score (nSPS) is 19.1. The summed E-state index contributed by atoms with van der Waals surface area (Å²) in [6.07, 6.45) is -0.675. The third-order valence-corrected chi connectivity index (χ3v) is 7.50. The van der Waals surface area contributed by atoms with Gasteiger partial charge in [0.15, 0.2) is 0 Å². The second-order valence-corrected chi connectivity index (χ2v) is 10.6. The molecule has 3 aromatic carbocycles. The molecule has 1 aliphatic rings. The third-order valence-electron chi connectivity index (χ3n) is 6.49. The predicted molar refractivity (Wildman–Crippen MR) is 133 cm³/mol. The Morgan fingerprint density at radius 3 is 2.37 bits per heavy atom. The van der Waals surface area contributed by atoms with Crippen LogP contribution in [-0.4, -0.2) is 36.7 Å². The lowest BCUT2D eigenvalue weighted by Gasteiger charge is -2.24. The zero-order valence-electron chi connectivity index (χ0n) is 19.2. The van der Waals surface area contributed by atoms with E-state index >= 15 is 0 Å². The maximum Gasteiger partial charge on any atom is 0.238 e. The molecule has 0 saturated carbocycles. The summed E-state index contributed by atoms with van der Waals surface area (Å²) in [5.41, 5.74) is 3.25. The highest BCUT2D eigenvalue weighted by atomic mass is 32.2. The van der Waals surface area contributed by atoms with Gasteiger partial charge in [0.2, 0.25) is 15.9 Å². The standard InChI is InChI=1S/C27H30N2O5S/c28-35(33,34)25-13-7-5-11-20(25)15-22(30)16-21(14-18-8-2-1-3-9-18)27(32)29-26-23-12-6-4-10-19(23)17-24(26)31/h1-13,21-22,24,26,30-31H,14-17H2,(H,29,32)(H2,28,33,34)/t21-,22+,24+,26?/m0/s1. The Morgan fingerprint density at radius 1 is 0.971 bits per heavy atom. The third kappa shape index (κ3) is 6.15. The van der Waals surface area contributed by atoms with Gasteiger partial charge in [0.25, 0.3) is 0 Å². The number of aliphatic hydroxyl groups excluding tert-OH is 2. The zero-order valence-corrected chi connectivity index (χ0v) is 20.1. The first-order valence-electron chi connectivity index (χ1n) is 11.6. The minimum absolute atomic E-state index is 0.0335. The quantitative estimate of drug-likeness (QED) is 0.363. The van der Waals surface area contributed by atoms with E-state index in [1.54, 1.807) is 18.2 Å². The lowest BCUT2D eigenvalue weighted by molar-refractivity contribution is -0.127. The minimum Gasteiger partial charge on any atom is -0.393 e. The number of nitrogens with two attached hydrogens (primary N) is 1. The molecule has 1 amide bonds. The summed E-state index contributed by atoms with van der Waals surface area (Å²) in [6, 6.07) is 22.9. The molecule has 0 fully saturated rings. The molecule has 8 heteroatoms. The van der Waals surface area contributed by atoms with Crippen LogP contribution in [-0.2, 0) is 34.1 Å². The van der Waals surface area contributed by atoms with Gasteiger partial charge in [-0.2, -0.15) is 0 Å². The van der Waals surface area contributed by atoms with E-state index < -0.39 is 34.2 Å². The highest BCUT2D eigenvalue weighted by Crippen LogP contribution is 2.32. The van der Waals surface area contributed by atoms with Crippen molar-refractivity contribution in [2.24, 2.45) is 11.1 Å². The molecule has 4 rings (SSSR count). The molecule has 0 radical (unpaired) electrons. The van der Waals surface area contributed by atoms with Crippen molar-refractivity contribution in [1.29, 1.82) is 0 Å². The fourth-order valence-electron chi connectivity index (χ4n) is 4.82. The number of sulfonamides is 1. The largest absolute Gasteiger partial charge is 0.393 e. The monoisotopic (exact) mass is 494 g/mol. The van der Waals surface area contributed by atoms with Gasteiger partial charge >= 0.3 is 0 Å². The highest BCUT2D eigenvalue weighted by Gasteiger charge is 2.34. The Balaban J connectivity index is 1.53. The number of rotatable bonds is 9. The van der Waals surface area contributed by atoms with E-state index in [0.29, 0.717) is 18.4 Å². The molecule has 0 heterocycles. The summed E-state index contributed by atoms with van der Waals surface area (Å²) in [5, 5.41) is 29.8. The van der Waals surface area contributed by atoms with E-state index in [9.17, 15) is 23.4 Å². The molecule has 5 N–H and O–H groups in total. The number of nitrogens with one attached hydrogen (secondary N) is 1. The van der Waals surface area contributed by atoms with Crippen LogP contribution in [0.25, 0.3) is 0 Å². The summed E-state index contributed by atoms with van der Waals surface area (Å²) >= 11 is 0. The van der Waals surface area contributed by atoms with E-state index in [1.807, 2.05) is 54.6 Å². The van der Waals surface area contributed by atoms with Crippen molar-refractivity contribution in [1.82, 2.24) is 5.32 Å². The smallest absolute Gasteiger partial charge is 0.238 e. The molecule has 0 spiro atoms. The van der Waals surface area contributed by atoms with Crippen LogP contribution in [0, 0.1) is 5.92 Å². The Hall–Kier alpha value is -3.04. The SMILES string of the molecule is NS(=O)(=O)c1ccccc1C[C@@H](O)C[C@H](Cc1ccccc1)C(=O)NC1c2ccccc2C[C@H]1O. The van der Waals surface area contributed by atoms with Crippen LogP contribution in [0.4, 0.5) is 0 Å². The predicted octanol–water partition coefficient (Wildman–Crippen LogP) is 2.26. The number of primary sulfonamides is 1.